The Morgan fingerprint density at radius 3 is 2.56 bits per heavy atom. The van der Waals surface area contributed by atoms with Crippen LogP contribution in [0.3, 0.4) is 0 Å². The van der Waals surface area contributed by atoms with Gasteiger partial charge in [0.1, 0.15) is 0 Å². The van der Waals surface area contributed by atoms with Gasteiger partial charge in [-0.05, 0) is 17.9 Å². The van der Waals surface area contributed by atoms with Crippen molar-refractivity contribution in [3.63, 3.8) is 0 Å². The SMILES string of the molecule is CSc1ncc(C(=O)NCc2ccccc2Cl)c(-c2ccccc2)n1. The van der Waals surface area contributed by atoms with Crippen LogP contribution in [0.25, 0.3) is 11.3 Å². The highest BCUT2D eigenvalue weighted by molar-refractivity contribution is 7.98. The van der Waals surface area contributed by atoms with Crippen molar-refractivity contribution in [3.8, 4) is 11.3 Å². The number of amides is 1. The molecule has 4 nitrogen and oxygen atoms in total. The molecule has 3 aromatic rings. The van der Waals surface area contributed by atoms with Crippen LogP contribution in [-0.4, -0.2) is 22.1 Å². The largest absolute Gasteiger partial charge is 0.348 e. The first-order chi connectivity index (χ1) is 12.2. The van der Waals surface area contributed by atoms with Gasteiger partial charge in [-0.3, -0.25) is 4.79 Å². The number of nitrogens with zero attached hydrogens (tertiary/aromatic N) is 2. The molecule has 0 unspecified atom stereocenters. The Hall–Kier alpha value is -2.37. The van der Waals surface area contributed by atoms with Gasteiger partial charge in [-0.1, -0.05) is 71.9 Å². The van der Waals surface area contributed by atoms with Crippen molar-refractivity contribution in [3.05, 3.63) is 76.9 Å². The first kappa shape index (κ1) is 17.5. The predicted molar refractivity (Wildman–Crippen MR) is 102 cm³/mol. The van der Waals surface area contributed by atoms with E-state index in [4.69, 9.17) is 11.6 Å². The normalized spacial score (nSPS) is 10.5. The first-order valence-electron chi connectivity index (χ1n) is 7.67. The fourth-order valence-electron chi connectivity index (χ4n) is 2.36. The zero-order valence-electron chi connectivity index (χ0n) is 13.6. The van der Waals surface area contributed by atoms with Crippen molar-refractivity contribution in [1.82, 2.24) is 15.3 Å². The number of thioether (sulfide) groups is 1. The van der Waals surface area contributed by atoms with Crippen molar-refractivity contribution in [2.45, 2.75) is 11.7 Å². The molecule has 0 fully saturated rings. The summed E-state index contributed by atoms with van der Waals surface area (Å²) in [6.45, 7) is 0.344. The highest BCUT2D eigenvalue weighted by atomic mass is 35.5. The molecule has 0 spiro atoms. The highest BCUT2D eigenvalue weighted by Gasteiger charge is 2.16. The average molecular weight is 370 g/mol. The van der Waals surface area contributed by atoms with Gasteiger partial charge >= 0.3 is 0 Å². The van der Waals surface area contributed by atoms with E-state index in [1.165, 1.54) is 11.8 Å². The Morgan fingerprint density at radius 1 is 1.12 bits per heavy atom. The van der Waals surface area contributed by atoms with Crippen LogP contribution in [0.2, 0.25) is 5.02 Å². The molecule has 0 aliphatic heterocycles. The van der Waals surface area contributed by atoms with Crippen LogP contribution in [0.15, 0.2) is 66.0 Å². The van der Waals surface area contributed by atoms with E-state index in [0.29, 0.717) is 28.0 Å². The van der Waals surface area contributed by atoms with Crippen LogP contribution in [0.5, 0.6) is 0 Å². The lowest BCUT2D eigenvalue weighted by Gasteiger charge is -2.11. The summed E-state index contributed by atoms with van der Waals surface area (Å²) in [6, 6.07) is 17.0. The summed E-state index contributed by atoms with van der Waals surface area (Å²) in [4.78, 5) is 21.4. The minimum absolute atomic E-state index is 0.230. The molecule has 0 aliphatic carbocycles. The van der Waals surface area contributed by atoms with Crippen LogP contribution in [0.1, 0.15) is 15.9 Å². The second kappa shape index (κ2) is 8.14. The number of halogens is 1. The van der Waals surface area contributed by atoms with E-state index in [1.807, 2.05) is 54.8 Å². The third kappa shape index (κ3) is 4.18. The number of rotatable bonds is 5. The molecule has 1 aromatic heterocycles. The molecule has 126 valence electrons. The molecule has 6 heteroatoms. The molecule has 0 saturated carbocycles. The Labute approximate surface area is 155 Å². The van der Waals surface area contributed by atoms with Crippen molar-refractivity contribution in [1.29, 1.82) is 0 Å². The standard InChI is InChI=1S/C19H16ClN3OS/c1-25-19-22-12-15(17(23-19)13-7-3-2-4-8-13)18(24)21-11-14-9-5-6-10-16(14)20/h2-10,12H,11H2,1H3,(H,21,24). The maximum Gasteiger partial charge on any atom is 0.255 e. The van der Waals surface area contributed by atoms with Gasteiger partial charge in [0.15, 0.2) is 5.16 Å². The van der Waals surface area contributed by atoms with E-state index in [1.54, 1.807) is 12.3 Å². The summed E-state index contributed by atoms with van der Waals surface area (Å²) in [5.41, 5.74) is 2.80. The van der Waals surface area contributed by atoms with Crippen LogP contribution in [-0.2, 0) is 6.54 Å². The number of carbonyl (C=O) groups is 1. The Morgan fingerprint density at radius 2 is 1.84 bits per heavy atom. The minimum atomic E-state index is -0.230. The smallest absolute Gasteiger partial charge is 0.255 e. The molecular weight excluding hydrogens is 354 g/mol. The predicted octanol–water partition coefficient (Wildman–Crippen LogP) is 4.45. The van der Waals surface area contributed by atoms with Crippen molar-refractivity contribution >= 4 is 29.3 Å². The number of aromatic nitrogens is 2. The molecule has 0 atom stereocenters. The van der Waals surface area contributed by atoms with E-state index in [0.717, 1.165) is 11.1 Å². The van der Waals surface area contributed by atoms with Crippen molar-refractivity contribution < 1.29 is 4.79 Å². The fourth-order valence-corrected chi connectivity index (χ4v) is 2.90. The average Bonchev–Trinajstić information content (AvgIpc) is 2.67. The van der Waals surface area contributed by atoms with Gasteiger partial charge in [0, 0.05) is 23.3 Å². The molecular formula is C19H16ClN3OS. The summed E-state index contributed by atoms with van der Waals surface area (Å²) in [6.07, 6.45) is 3.48. The number of nitrogens with one attached hydrogen (secondary N) is 1. The van der Waals surface area contributed by atoms with Gasteiger partial charge in [-0.2, -0.15) is 0 Å². The molecule has 0 aliphatic rings. The van der Waals surface area contributed by atoms with Gasteiger partial charge in [0.2, 0.25) is 0 Å². The fraction of sp³-hybridized carbons (Fsp3) is 0.105. The molecule has 3 rings (SSSR count). The van der Waals surface area contributed by atoms with Crippen LogP contribution in [0.4, 0.5) is 0 Å². The minimum Gasteiger partial charge on any atom is -0.348 e. The molecule has 0 saturated heterocycles. The molecule has 1 amide bonds. The lowest BCUT2D eigenvalue weighted by molar-refractivity contribution is 0.0950. The molecule has 1 N–H and O–H groups in total. The maximum absolute atomic E-state index is 12.7. The molecule has 1 heterocycles. The lowest BCUT2D eigenvalue weighted by atomic mass is 10.1. The Balaban J connectivity index is 1.88. The molecule has 0 radical (unpaired) electrons. The van der Waals surface area contributed by atoms with Gasteiger partial charge < -0.3 is 5.32 Å². The number of carbonyl (C=O) groups excluding carboxylic acids is 1. The van der Waals surface area contributed by atoms with Crippen molar-refractivity contribution in [2.75, 3.05) is 6.26 Å². The Bertz CT molecular complexity index is 887. The highest BCUT2D eigenvalue weighted by Crippen LogP contribution is 2.23. The van der Waals surface area contributed by atoms with Crippen LogP contribution < -0.4 is 5.32 Å². The topological polar surface area (TPSA) is 54.9 Å². The summed E-state index contributed by atoms with van der Waals surface area (Å²) in [7, 11) is 0. The number of hydrogen-bond acceptors (Lipinski definition) is 4. The van der Waals surface area contributed by atoms with E-state index in [2.05, 4.69) is 15.3 Å². The zero-order valence-corrected chi connectivity index (χ0v) is 15.1. The monoisotopic (exact) mass is 369 g/mol. The van der Waals surface area contributed by atoms with Gasteiger partial charge in [0.05, 0.1) is 11.3 Å². The quantitative estimate of drug-likeness (QED) is 0.533. The van der Waals surface area contributed by atoms with Crippen molar-refractivity contribution in [2.24, 2.45) is 0 Å². The molecule has 2 aromatic carbocycles. The third-order valence-electron chi connectivity index (χ3n) is 3.64. The second-order valence-electron chi connectivity index (χ2n) is 5.26. The van der Waals surface area contributed by atoms with Gasteiger partial charge in [-0.15, -0.1) is 0 Å². The Kier molecular flexibility index (Phi) is 5.68. The van der Waals surface area contributed by atoms with Gasteiger partial charge in [-0.25, -0.2) is 9.97 Å². The summed E-state index contributed by atoms with van der Waals surface area (Å²) < 4.78 is 0. The van der Waals surface area contributed by atoms with E-state index in [-0.39, 0.29) is 5.91 Å². The summed E-state index contributed by atoms with van der Waals surface area (Å²) >= 11 is 7.58. The molecule has 25 heavy (non-hydrogen) atoms. The van der Waals surface area contributed by atoms with Gasteiger partial charge in [0.25, 0.3) is 5.91 Å². The van der Waals surface area contributed by atoms with E-state index < -0.39 is 0 Å². The zero-order chi connectivity index (χ0) is 17.6. The van der Waals surface area contributed by atoms with E-state index in [9.17, 15) is 4.79 Å². The van der Waals surface area contributed by atoms with Crippen LogP contribution in [0, 0.1) is 0 Å². The summed E-state index contributed by atoms with van der Waals surface area (Å²) in [5.74, 6) is -0.230. The summed E-state index contributed by atoms with van der Waals surface area (Å²) in [5, 5.41) is 4.14. The van der Waals surface area contributed by atoms with Crippen LogP contribution >= 0.6 is 23.4 Å². The first-order valence-corrected chi connectivity index (χ1v) is 9.27. The second-order valence-corrected chi connectivity index (χ2v) is 6.44. The molecule has 0 bridgehead atoms. The number of benzene rings is 2. The lowest BCUT2D eigenvalue weighted by Crippen LogP contribution is -2.24. The number of hydrogen-bond donors (Lipinski definition) is 1. The van der Waals surface area contributed by atoms with E-state index >= 15 is 0 Å². The third-order valence-corrected chi connectivity index (χ3v) is 4.57. The maximum atomic E-state index is 12.7.